The van der Waals surface area contributed by atoms with Gasteiger partial charge in [-0.05, 0) is 42.9 Å². The Labute approximate surface area is 178 Å². The van der Waals surface area contributed by atoms with Crippen molar-refractivity contribution >= 4 is 45.1 Å². The Morgan fingerprint density at radius 2 is 2.04 bits per heavy atom. The van der Waals surface area contributed by atoms with Gasteiger partial charge in [0.15, 0.2) is 5.16 Å². The molecule has 1 aliphatic rings. The summed E-state index contributed by atoms with van der Waals surface area (Å²) in [6.45, 7) is 5.08. The largest absolute Gasteiger partial charge is 0.497 e. The third-order valence-corrected chi connectivity index (χ3v) is 7.94. The van der Waals surface area contributed by atoms with Gasteiger partial charge in [-0.3, -0.25) is 0 Å². The van der Waals surface area contributed by atoms with Crippen LogP contribution >= 0.6 is 34.9 Å². The second-order valence-electron chi connectivity index (χ2n) is 7.11. The minimum atomic E-state index is -0.100. The number of nitrogens with zero attached hydrogens (tertiary/aromatic N) is 2. The number of hydrogen-bond acceptors (Lipinski definition) is 7. The summed E-state index contributed by atoms with van der Waals surface area (Å²) in [6, 6.07) is 8.25. The van der Waals surface area contributed by atoms with E-state index in [0.29, 0.717) is 6.61 Å². The Morgan fingerprint density at radius 1 is 1.25 bits per heavy atom. The molecule has 2 aromatic heterocycles. The quantitative estimate of drug-likeness (QED) is 0.272. The van der Waals surface area contributed by atoms with Gasteiger partial charge in [0, 0.05) is 22.4 Å². The van der Waals surface area contributed by atoms with Crippen molar-refractivity contribution in [1.82, 2.24) is 9.97 Å². The number of fused-ring (bicyclic) bond motifs is 3. The predicted octanol–water partition coefficient (Wildman–Crippen LogP) is 5.96. The van der Waals surface area contributed by atoms with Crippen LogP contribution in [-0.2, 0) is 23.5 Å². The van der Waals surface area contributed by atoms with Gasteiger partial charge in [-0.2, -0.15) is 0 Å². The van der Waals surface area contributed by atoms with Gasteiger partial charge in [-0.15, -0.1) is 23.1 Å². The highest BCUT2D eigenvalue weighted by molar-refractivity contribution is 7.99. The molecule has 0 saturated carbocycles. The molecule has 1 aromatic carbocycles. The van der Waals surface area contributed by atoms with Gasteiger partial charge in [0.1, 0.15) is 15.6 Å². The lowest BCUT2D eigenvalue weighted by atomic mass is 9.90. The van der Waals surface area contributed by atoms with E-state index < -0.39 is 0 Å². The number of hydrogen-bond donors (Lipinski definition) is 0. The van der Waals surface area contributed by atoms with E-state index in [4.69, 9.17) is 19.4 Å². The van der Waals surface area contributed by atoms with Crippen molar-refractivity contribution in [3.63, 3.8) is 0 Å². The van der Waals surface area contributed by atoms with Crippen molar-refractivity contribution in [3.05, 3.63) is 40.3 Å². The summed E-state index contributed by atoms with van der Waals surface area (Å²) in [7, 11) is 1.69. The molecule has 0 spiro atoms. The summed E-state index contributed by atoms with van der Waals surface area (Å²) in [4.78, 5) is 12.1. The molecular formula is C21H24N2O2S3. The Hall–Kier alpha value is -1.28. The first-order valence-electron chi connectivity index (χ1n) is 9.31. The SMILES string of the molecule is CCC1(C)Cc2c(sc3nc(SC)nc(SCc4ccc(OC)cc4)c23)CO1. The molecule has 3 heterocycles. The summed E-state index contributed by atoms with van der Waals surface area (Å²) >= 11 is 5.15. The van der Waals surface area contributed by atoms with Gasteiger partial charge in [0.2, 0.25) is 0 Å². The van der Waals surface area contributed by atoms with E-state index in [1.165, 1.54) is 21.4 Å². The van der Waals surface area contributed by atoms with Crippen molar-refractivity contribution in [2.24, 2.45) is 0 Å². The van der Waals surface area contributed by atoms with Crippen molar-refractivity contribution in [2.75, 3.05) is 13.4 Å². The van der Waals surface area contributed by atoms with Crippen molar-refractivity contribution in [2.45, 2.75) is 54.8 Å². The minimum absolute atomic E-state index is 0.100. The van der Waals surface area contributed by atoms with Crippen LogP contribution in [0.1, 0.15) is 36.3 Å². The Morgan fingerprint density at radius 3 is 2.71 bits per heavy atom. The maximum Gasteiger partial charge on any atom is 0.189 e. The topological polar surface area (TPSA) is 44.2 Å². The second-order valence-corrected chi connectivity index (χ2v) is 9.93. The zero-order valence-corrected chi connectivity index (χ0v) is 19.0. The van der Waals surface area contributed by atoms with Crippen LogP contribution in [0.2, 0.25) is 0 Å². The molecule has 0 N–H and O–H groups in total. The van der Waals surface area contributed by atoms with Gasteiger partial charge in [-0.1, -0.05) is 30.8 Å². The first kappa shape index (κ1) is 20.0. The molecule has 7 heteroatoms. The molecule has 0 bridgehead atoms. The zero-order chi connectivity index (χ0) is 19.7. The Bertz CT molecular complexity index is 987. The molecule has 4 nitrogen and oxygen atoms in total. The van der Waals surface area contributed by atoms with Crippen LogP contribution in [0.25, 0.3) is 10.2 Å². The smallest absolute Gasteiger partial charge is 0.189 e. The van der Waals surface area contributed by atoms with Crippen molar-refractivity contribution in [1.29, 1.82) is 0 Å². The van der Waals surface area contributed by atoms with Gasteiger partial charge in [-0.25, -0.2) is 9.97 Å². The molecule has 4 rings (SSSR count). The highest BCUT2D eigenvalue weighted by atomic mass is 32.2. The standard InChI is InChI=1S/C21H24N2O2S3/c1-5-21(2)10-15-16(11-25-21)28-19-17(15)18(22-20(23-19)26-4)27-12-13-6-8-14(24-3)9-7-13/h6-9H,5,10-12H2,1-4H3. The summed E-state index contributed by atoms with van der Waals surface area (Å²) < 4.78 is 11.4. The third-order valence-electron chi connectivity index (χ3n) is 5.25. The zero-order valence-electron chi connectivity index (χ0n) is 16.6. The lowest BCUT2D eigenvalue weighted by Crippen LogP contribution is -2.33. The first-order chi connectivity index (χ1) is 13.5. The second kappa shape index (κ2) is 8.22. The Balaban J connectivity index is 1.70. The van der Waals surface area contributed by atoms with Gasteiger partial charge in [0.05, 0.1) is 19.3 Å². The number of benzene rings is 1. The van der Waals surface area contributed by atoms with E-state index in [0.717, 1.165) is 39.4 Å². The number of ether oxygens (including phenoxy) is 2. The van der Waals surface area contributed by atoms with E-state index in [9.17, 15) is 0 Å². The van der Waals surface area contributed by atoms with Crippen molar-refractivity contribution < 1.29 is 9.47 Å². The maximum atomic E-state index is 6.16. The van der Waals surface area contributed by atoms with E-state index >= 15 is 0 Å². The molecule has 0 amide bonds. The highest BCUT2D eigenvalue weighted by Crippen LogP contribution is 2.43. The van der Waals surface area contributed by atoms with Crippen LogP contribution in [0, 0.1) is 0 Å². The van der Waals surface area contributed by atoms with E-state index in [1.54, 1.807) is 42.0 Å². The molecule has 0 fully saturated rings. The van der Waals surface area contributed by atoms with Crippen LogP contribution in [0.4, 0.5) is 0 Å². The molecule has 0 aliphatic carbocycles. The summed E-state index contributed by atoms with van der Waals surface area (Å²) in [5.41, 5.74) is 2.55. The molecule has 1 atom stereocenters. The minimum Gasteiger partial charge on any atom is -0.497 e. The molecule has 3 aromatic rings. The summed E-state index contributed by atoms with van der Waals surface area (Å²) in [5, 5.41) is 3.16. The third kappa shape index (κ3) is 3.90. The highest BCUT2D eigenvalue weighted by Gasteiger charge is 2.33. The number of thioether (sulfide) groups is 2. The average molecular weight is 433 g/mol. The van der Waals surface area contributed by atoms with Gasteiger partial charge >= 0.3 is 0 Å². The maximum absolute atomic E-state index is 6.16. The normalized spacial score (nSPS) is 19.0. The van der Waals surface area contributed by atoms with Crippen LogP contribution in [0.5, 0.6) is 5.75 Å². The Kier molecular flexibility index (Phi) is 5.88. The molecule has 0 radical (unpaired) electrons. The molecule has 0 saturated heterocycles. The number of rotatable bonds is 6. The molecule has 1 aliphatic heterocycles. The molecule has 1 unspecified atom stereocenters. The first-order valence-corrected chi connectivity index (χ1v) is 12.3. The summed E-state index contributed by atoms with van der Waals surface area (Å²) in [5.74, 6) is 1.75. The van der Waals surface area contributed by atoms with Crippen molar-refractivity contribution in [3.8, 4) is 5.75 Å². The predicted molar refractivity (Wildman–Crippen MR) is 119 cm³/mol. The number of methoxy groups -OCH3 is 1. The fraction of sp³-hybridized carbons (Fsp3) is 0.429. The monoisotopic (exact) mass is 432 g/mol. The number of aromatic nitrogens is 2. The molecule has 148 valence electrons. The van der Waals surface area contributed by atoms with Gasteiger partial charge in [0.25, 0.3) is 0 Å². The van der Waals surface area contributed by atoms with E-state index in [1.807, 2.05) is 18.4 Å². The number of thiophene rings is 1. The molecule has 28 heavy (non-hydrogen) atoms. The van der Waals surface area contributed by atoms with Gasteiger partial charge < -0.3 is 9.47 Å². The lowest BCUT2D eigenvalue weighted by molar-refractivity contribution is -0.0543. The van der Waals surface area contributed by atoms with Crippen LogP contribution < -0.4 is 4.74 Å². The van der Waals surface area contributed by atoms with E-state index in [2.05, 4.69) is 26.0 Å². The van der Waals surface area contributed by atoms with Crippen LogP contribution in [0.15, 0.2) is 34.4 Å². The van der Waals surface area contributed by atoms with E-state index in [-0.39, 0.29) is 5.60 Å². The summed E-state index contributed by atoms with van der Waals surface area (Å²) in [6.07, 6.45) is 3.96. The average Bonchev–Trinajstić information content (AvgIpc) is 3.09. The van der Waals surface area contributed by atoms with Crippen LogP contribution in [0.3, 0.4) is 0 Å². The molecular weight excluding hydrogens is 408 g/mol. The fourth-order valence-corrected chi connectivity index (χ4v) is 5.98. The lowest BCUT2D eigenvalue weighted by Gasteiger charge is -2.33. The van der Waals surface area contributed by atoms with Crippen LogP contribution in [-0.4, -0.2) is 28.9 Å². The fourth-order valence-electron chi connectivity index (χ4n) is 3.32.